The van der Waals surface area contributed by atoms with Crippen LogP contribution in [0.4, 0.5) is 0 Å². The van der Waals surface area contributed by atoms with E-state index in [-0.39, 0.29) is 23.3 Å². The van der Waals surface area contributed by atoms with Gasteiger partial charge in [-0.05, 0) is 70.8 Å². The van der Waals surface area contributed by atoms with Gasteiger partial charge in [0, 0.05) is 12.5 Å². The maximum absolute atomic E-state index is 13.6. The van der Waals surface area contributed by atoms with Gasteiger partial charge >= 0.3 is 5.97 Å². The summed E-state index contributed by atoms with van der Waals surface area (Å²) in [5.41, 5.74) is -1.59. The van der Waals surface area contributed by atoms with Crippen LogP contribution in [0.1, 0.15) is 44.2 Å². The predicted octanol–water partition coefficient (Wildman–Crippen LogP) is 2.38. The summed E-state index contributed by atoms with van der Waals surface area (Å²) in [5, 5.41) is 69.9. The topological polar surface area (TPSA) is 173 Å². The summed E-state index contributed by atoms with van der Waals surface area (Å²) in [7, 11) is 0. The number of rotatable bonds is 5. The van der Waals surface area contributed by atoms with Gasteiger partial charge in [0.2, 0.25) is 5.79 Å². The third-order valence-corrected chi connectivity index (χ3v) is 10.1. The monoisotopic (exact) mass is 577 g/mol. The van der Waals surface area contributed by atoms with E-state index in [4.69, 9.17) is 9.47 Å². The molecule has 2 heterocycles. The van der Waals surface area contributed by atoms with Crippen LogP contribution in [0, 0.1) is 11.3 Å². The van der Waals surface area contributed by atoms with Gasteiger partial charge in [0.1, 0.15) is 17.8 Å². The molecule has 3 aliphatic rings. The summed E-state index contributed by atoms with van der Waals surface area (Å²) >= 11 is 0. The normalized spacial score (nSPS) is 32.5. The van der Waals surface area contributed by atoms with E-state index < -0.39 is 54.8 Å². The Morgan fingerprint density at radius 2 is 1.71 bits per heavy atom. The second-order valence-electron chi connectivity index (χ2n) is 12.5. The SMILES string of the molecule is O=C(Oc1c(CO)[nH]c2ccc3cc4ccccc4cc3c12)[C@@H]1O[C@@](O)([C@@]2(O)CC3(CCCC3)C[C@@H]2CO)[C@H](O)[C@H]1O. The minimum Gasteiger partial charge on any atom is -0.422 e. The van der Waals surface area contributed by atoms with Gasteiger partial charge in [-0.2, -0.15) is 0 Å². The molecule has 4 aromatic rings. The van der Waals surface area contributed by atoms with Gasteiger partial charge in [-0.15, -0.1) is 0 Å². The Morgan fingerprint density at radius 1 is 1.00 bits per heavy atom. The summed E-state index contributed by atoms with van der Waals surface area (Å²) < 4.78 is 11.5. The number of carbonyl (C=O) groups excluding carboxylic acids is 1. The number of aliphatic hydroxyl groups is 6. The number of nitrogens with one attached hydrogen (secondary N) is 1. The first-order valence-electron chi connectivity index (χ1n) is 14.5. The number of hydrogen-bond donors (Lipinski definition) is 7. The Balaban J connectivity index is 1.25. The lowest BCUT2D eigenvalue weighted by atomic mass is 9.78. The number of aromatic amines is 1. The lowest BCUT2D eigenvalue weighted by Gasteiger charge is -2.43. The number of benzene rings is 3. The second kappa shape index (κ2) is 9.72. The molecule has 6 atom stereocenters. The summed E-state index contributed by atoms with van der Waals surface area (Å²) in [4.78, 5) is 16.7. The summed E-state index contributed by atoms with van der Waals surface area (Å²) in [6.07, 6.45) is -1.80. The fraction of sp³-hybridized carbons (Fsp3) is 0.469. The van der Waals surface area contributed by atoms with Crippen LogP contribution in [0.15, 0.2) is 48.5 Å². The Bertz CT molecular complexity index is 1690. The number of aliphatic hydroxyl groups excluding tert-OH is 4. The molecule has 1 aliphatic heterocycles. The highest BCUT2D eigenvalue weighted by molar-refractivity contribution is 6.14. The van der Waals surface area contributed by atoms with Crippen molar-refractivity contribution < 1.29 is 44.9 Å². The molecule has 7 rings (SSSR count). The fourth-order valence-corrected chi connectivity index (χ4v) is 8.01. The molecule has 1 aromatic heterocycles. The van der Waals surface area contributed by atoms with Crippen LogP contribution in [-0.2, 0) is 16.1 Å². The highest BCUT2D eigenvalue weighted by Crippen LogP contribution is 2.61. The first-order valence-corrected chi connectivity index (χ1v) is 14.5. The van der Waals surface area contributed by atoms with Crippen LogP contribution in [-0.4, -0.2) is 77.9 Å². The minimum absolute atomic E-state index is 0.0387. The van der Waals surface area contributed by atoms with Crippen LogP contribution in [0.3, 0.4) is 0 Å². The van der Waals surface area contributed by atoms with Gasteiger partial charge < -0.3 is 45.1 Å². The lowest BCUT2D eigenvalue weighted by Crippen LogP contribution is -2.63. The van der Waals surface area contributed by atoms with Gasteiger partial charge in [-0.1, -0.05) is 43.2 Å². The quantitative estimate of drug-likeness (QED) is 0.139. The van der Waals surface area contributed by atoms with Gasteiger partial charge in [0.25, 0.3) is 0 Å². The number of carbonyl (C=O) groups is 1. The number of H-pyrrole nitrogens is 1. The summed E-state index contributed by atoms with van der Waals surface area (Å²) in [5.74, 6) is -4.62. The zero-order chi connectivity index (χ0) is 29.4. The van der Waals surface area contributed by atoms with Crippen LogP contribution in [0.2, 0.25) is 0 Å². The molecule has 0 unspecified atom stereocenters. The Kier molecular flexibility index (Phi) is 6.41. The highest BCUT2D eigenvalue weighted by atomic mass is 16.7. The average Bonchev–Trinajstić information content (AvgIpc) is 3.73. The maximum Gasteiger partial charge on any atom is 0.343 e. The molecule has 0 radical (unpaired) electrons. The van der Waals surface area contributed by atoms with E-state index in [2.05, 4.69) is 4.98 Å². The first-order chi connectivity index (χ1) is 20.1. The molecule has 10 nitrogen and oxygen atoms in total. The van der Waals surface area contributed by atoms with Gasteiger partial charge in [0.15, 0.2) is 11.9 Å². The van der Waals surface area contributed by atoms with Gasteiger partial charge in [-0.3, -0.25) is 0 Å². The third-order valence-electron chi connectivity index (χ3n) is 10.1. The Labute approximate surface area is 241 Å². The van der Waals surface area contributed by atoms with Crippen LogP contribution in [0.25, 0.3) is 32.4 Å². The molecule has 0 bridgehead atoms. The van der Waals surface area contributed by atoms with Crippen molar-refractivity contribution in [3.63, 3.8) is 0 Å². The lowest BCUT2D eigenvalue weighted by molar-refractivity contribution is -0.327. The largest absolute Gasteiger partial charge is 0.422 e. The van der Waals surface area contributed by atoms with E-state index >= 15 is 0 Å². The molecule has 1 saturated heterocycles. The molecule has 3 aromatic carbocycles. The highest BCUT2D eigenvalue weighted by Gasteiger charge is 2.72. The molecular formula is C32H35NO9. The van der Waals surface area contributed by atoms with E-state index in [0.29, 0.717) is 17.3 Å². The minimum atomic E-state index is -2.72. The zero-order valence-corrected chi connectivity index (χ0v) is 23.0. The van der Waals surface area contributed by atoms with Crippen molar-refractivity contribution in [2.45, 2.75) is 74.8 Å². The summed E-state index contributed by atoms with van der Waals surface area (Å²) in [6, 6.07) is 15.5. The summed E-state index contributed by atoms with van der Waals surface area (Å²) in [6.45, 7) is -0.939. The average molecular weight is 578 g/mol. The number of fused-ring (bicyclic) bond motifs is 4. The van der Waals surface area contributed by atoms with Crippen LogP contribution >= 0.6 is 0 Å². The number of esters is 1. The maximum atomic E-state index is 13.6. The molecule has 7 N–H and O–H groups in total. The van der Waals surface area contributed by atoms with Crippen molar-refractivity contribution in [1.82, 2.24) is 4.98 Å². The van der Waals surface area contributed by atoms with Crippen molar-refractivity contribution in [2.24, 2.45) is 11.3 Å². The molecule has 0 amide bonds. The van der Waals surface area contributed by atoms with Gasteiger partial charge in [-0.25, -0.2) is 4.79 Å². The van der Waals surface area contributed by atoms with Crippen LogP contribution < -0.4 is 4.74 Å². The molecule has 2 saturated carbocycles. The van der Waals surface area contributed by atoms with Crippen molar-refractivity contribution in [2.75, 3.05) is 6.61 Å². The number of hydrogen-bond acceptors (Lipinski definition) is 9. The molecular weight excluding hydrogens is 542 g/mol. The van der Waals surface area contributed by atoms with E-state index in [1.165, 1.54) is 0 Å². The van der Waals surface area contributed by atoms with Crippen LogP contribution in [0.5, 0.6) is 5.75 Å². The number of aromatic nitrogens is 1. The van der Waals surface area contributed by atoms with E-state index in [1.54, 1.807) is 0 Å². The van der Waals surface area contributed by atoms with Gasteiger partial charge in [0.05, 0.1) is 23.2 Å². The Hall–Kier alpha value is -3.09. The standard InChI is InChI=1S/C32H35NO9/c34-14-20-13-30(9-3-4-10-30)16-31(20,39)32(40)28(37)25(36)27(42-32)29(38)41-26-23(15-35)33-22-8-7-19-11-17-5-1-2-6-18(17)12-21(19)24(22)26/h1-2,5-8,11-12,20,25,27-28,33-37,39-40H,3-4,9-10,13-16H2/t20-,25+,27-,28-,31-,32-/m1/s1. The van der Waals surface area contributed by atoms with E-state index in [9.17, 15) is 35.4 Å². The molecule has 2 aliphatic carbocycles. The molecule has 3 fully saturated rings. The molecule has 222 valence electrons. The third kappa shape index (κ3) is 3.87. The van der Waals surface area contributed by atoms with Crippen molar-refractivity contribution in [1.29, 1.82) is 0 Å². The molecule has 42 heavy (non-hydrogen) atoms. The zero-order valence-electron chi connectivity index (χ0n) is 23.0. The predicted molar refractivity (Wildman–Crippen MR) is 152 cm³/mol. The van der Waals surface area contributed by atoms with Crippen molar-refractivity contribution >= 4 is 38.4 Å². The Morgan fingerprint density at radius 3 is 2.40 bits per heavy atom. The van der Waals surface area contributed by atoms with Crippen molar-refractivity contribution in [3.05, 3.63) is 54.2 Å². The number of ether oxygens (including phenoxy) is 2. The van der Waals surface area contributed by atoms with E-state index in [1.807, 2.05) is 48.5 Å². The first kappa shape index (κ1) is 27.7. The smallest absolute Gasteiger partial charge is 0.343 e. The molecule has 1 spiro atoms. The van der Waals surface area contributed by atoms with E-state index in [0.717, 1.165) is 47.2 Å². The fourth-order valence-electron chi connectivity index (χ4n) is 8.01. The van der Waals surface area contributed by atoms with Crippen molar-refractivity contribution in [3.8, 4) is 5.75 Å². The molecule has 10 heteroatoms. The second-order valence-corrected chi connectivity index (χ2v) is 12.5.